The molecule has 3 rings (SSSR count). The number of aryl methyl sites for hydroxylation is 1. The van der Waals surface area contributed by atoms with Gasteiger partial charge in [0, 0.05) is 6.20 Å². The lowest BCUT2D eigenvalue weighted by Crippen LogP contribution is -2.11. The third-order valence-electron chi connectivity index (χ3n) is 3.65. The van der Waals surface area contributed by atoms with Crippen molar-refractivity contribution >= 4 is 17.4 Å². The topological polar surface area (TPSA) is 108 Å². The fourth-order valence-corrected chi connectivity index (χ4v) is 2.38. The van der Waals surface area contributed by atoms with Gasteiger partial charge >= 0.3 is 0 Å². The molecular weight excluding hydrogens is 338 g/mol. The van der Waals surface area contributed by atoms with E-state index in [0.717, 1.165) is 5.56 Å². The van der Waals surface area contributed by atoms with Gasteiger partial charge in [-0.05, 0) is 48.9 Å². The quantitative estimate of drug-likeness (QED) is 0.552. The number of carbonyl (C=O) groups is 1. The van der Waals surface area contributed by atoms with Crippen LogP contribution < -0.4 is 10.1 Å². The van der Waals surface area contributed by atoms with Crippen molar-refractivity contribution in [2.24, 2.45) is 0 Å². The second-order valence-electron chi connectivity index (χ2n) is 5.48. The molecule has 0 saturated heterocycles. The van der Waals surface area contributed by atoms with Crippen molar-refractivity contribution in [1.29, 1.82) is 0 Å². The van der Waals surface area contributed by atoms with Crippen molar-refractivity contribution in [3.8, 4) is 17.1 Å². The average Bonchev–Trinajstić information content (AvgIpc) is 3.11. The molecule has 1 N–H and O–H groups in total. The summed E-state index contributed by atoms with van der Waals surface area (Å²) in [6.45, 7) is 1.88. The summed E-state index contributed by atoms with van der Waals surface area (Å²) < 4.78 is 10.5. The molecule has 0 aliphatic carbocycles. The summed E-state index contributed by atoms with van der Waals surface area (Å²) in [4.78, 5) is 27.1. The maximum Gasteiger partial charge on any atom is 0.292 e. The molecule has 2 aromatic heterocycles. The lowest BCUT2D eigenvalue weighted by Gasteiger charge is -2.04. The maximum absolute atomic E-state index is 12.3. The van der Waals surface area contributed by atoms with E-state index in [-0.39, 0.29) is 22.8 Å². The number of nitrogens with zero attached hydrogens (tertiary/aromatic N) is 2. The van der Waals surface area contributed by atoms with Crippen LogP contribution in [0, 0.1) is 17.0 Å². The molecule has 0 unspecified atom stereocenters. The van der Waals surface area contributed by atoms with Crippen LogP contribution in [0.4, 0.5) is 11.5 Å². The van der Waals surface area contributed by atoms with Crippen LogP contribution in [0.3, 0.4) is 0 Å². The lowest BCUT2D eigenvalue weighted by molar-refractivity contribution is -0.384. The number of nitro groups is 1. The number of anilines is 1. The van der Waals surface area contributed by atoms with Gasteiger partial charge in [-0.1, -0.05) is 0 Å². The van der Waals surface area contributed by atoms with E-state index in [0.29, 0.717) is 11.6 Å². The zero-order valence-electron chi connectivity index (χ0n) is 14.1. The number of hydrogen-bond donors (Lipinski definition) is 1. The summed E-state index contributed by atoms with van der Waals surface area (Å²) in [6.07, 6.45) is 1.58. The van der Waals surface area contributed by atoms with Gasteiger partial charge in [-0.2, -0.15) is 0 Å². The van der Waals surface area contributed by atoms with Gasteiger partial charge in [-0.3, -0.25) is 14.9 Å². The third-order valence-corrected chi connectivity index (χ3v) is 3.65. The lowest BCUT2D eigenvalue weighted by atomic mass is 10.1. The van der Waals surface area contributed by atoms with Crippen molar-refractivity contribution in [3.63, 3.8) is 0 Å². The Morgan fingerprint density at radius 1 is 1.23 bits per heavy atom. The summed E-state index contributed by atoms with van der Waals surface area (Å²) in [7, 11) is 1.42. The van der Waals surface area contributed by atoms with E-state index in [2.05, 4.69) is 10.3 Å². The Kier molecular flexibility index (Phi) is 4.66. The van der Waals surface area contributed by atoms with Crippen LogP contribution in [0.1, 0.15) is 16.1 Å². The van der Waals surface area contributed by atoms with E-state index < -0.39 is 10.8 Å². The largest absolute Gasteiger partial charge is 0.497 e. The number of nitrogens with one attached hydrogen (secondary N) is 1. The molecule has 0 atom stereocenters. The van der Waals surface area contributed by atoms with Crippen molar-refractivity contribution in [3.05, 3.63) is 70.1 Å². The molecule has 0 aliphatic heterocycles. The maximum atomic E-state index is 12.3. The molecule has 8 nitrogen and oxygen atoms in total. The second kappa shape index (κ2) is 7.06. The highest BCUT2D eigenvalue weighted by Gasteiger charge is 2.21. The Bertz CT molecular complexity index is 980. The molecule has 1 amide bonds. The molecule has 132 valence electrons. The van der Waals surface area contributed by atoms with E-state index in [4.69, 9.17) is 9.15 Å². The Hall–Kier alpha value is -3.68. The second-order valence-corrected chi connectivity index (χ2v) is 5.48. The van der Waals surface area contributed by atoms with Gasteiger partial charge in [0.05, 0.1) is 23.7 Å². The molecule has 1 aromatic carbocycles. The minimum Gasteiger partial charge on any atom is -0.497 e. The van der Waals surface area contributed by atoms with Crippen LogP contribution in [0.25, 0.3) is 11.3 Å². The molecule has 8 heteroatoms. The number of hydrogen-bond acceptors (Lipinski definition) is 6. The first-order valence-corrected chi connectivity index (χ1v) is 7.64. The zero-order chi connectivity index (χ0) is 18.7. The van der Waals surface area contributed by atoms with Gasteiger partial charge in [0.15, 0.2) is 5.76 Å². The van der Waals surface area contributed by atoms with Crippen LogP contribution in [0.15, 0.2) is 53.1 Å². The Balaban J connectivity index is 1.88. The number of carbonyl (C=O) groups excluding carboxylic acids is 1. The number of amides is 1. The van der Waals surface area contributed by atoms with Gasteiger partial charge in [0.2, 0.25) is 0 Å². The third kappa shape index (κ3) is 3.54. The number of benzene rings is 1. The molecule has 0 radical (unpaired) electrons. The molecule has 0 bridgehead atoms. The highest BCUT2D eigenvalue weighted by molar-refractivity contribution is 6.02. The van der Waals surface area contributed by atoms with E-state index in [1.165, 1.54) is 31.4 Å². The summed E-state index contributed by atoms with van der Waals surface area (Å²) in [5, 5.41) is 13.9. The van der Waals surface area contributed by atoms with E-state index in [1.807, 2.05) is 13.0 Å². The van der Waals surface area contributed by atoms with E-state index in [1.54, 1.807) is 18.3 Å². The highest BCUT2D eigenvalue weighted by Crippen LogP contribution is 2.34. The minimum atomic E-state index is -0.531. The zero-order valence-corrected chi connectivity index (χ0v) is 14.1. The number of nitro benzene ring substituents is 1. The van der Waals surface area contributed by atoms with Gasteiger partial charge in [-0.15, -0.1) is 0 Å². The first-order chi connectivity index (χ1) is 12.5. The SMILES string of the molecule is COc1ccc(-c2ccc(C(=O)Nc3cc(C)ccn3)o2)c([N+](=O)[O-])c1. The number of furan rings is 1. The number of pyridine rings is 1. The van der Waals surface area contributed by atoms with Crippen LogP contribution in [0.2, 0.25) is 0 Å². The van der Waals surface area contributed by atoms with E-state index >= 15 is 0 Å². The van der Waals surface area contributed by atoms with Crippen molar-refractivity contribution < 1.29 is 18.9 Å². The first kappa shape index (κ1) is 17.2. The Labute approximate surface area is 148 Å². The Morgan fingerprint density at radius 2 is 2.04 bits per heavy atom. The van der Waals surface area contributed by atoms with Gasteiger partial charge in [0.25, 0.3) is 11.6 Å². The van der Waals surface area contributed by atoms with Crippen LogP contribution in [0.5, 0.6) is 5.75 Å². The molecule has 0 aliphatic rings. The fourth-order valence-electron chi connectivity index (χ4n) is 2.38. The number of ether oxygens (including phenoxy) is 1. The summed E-state index contributed by atoms with van der Waals surface area (Å²) in [6, 6.07) is 10.9. The van der Waals surface area contributed by atoms with Gasteiger partial charge < -0.3 is 14.5 Å². The van der Waals surface area contributed by atoms with Crippen molar-refractivity contribution in [2.45, 2.75) is 6.92 Å². The van der Waals surface area contributed by atoms with Gasteiger partial charge in [-0.25, -0.2) is 4.98 Å². The summed E-state index contributed by atoms with van der Waals surface area (Å²) in [5.74, 6) is 0.486. The molecule has 3 aromatic rings. The number of aromatic nitrogens is 1. The normalized spacial score (nSPS) is 10.4. The molecule has 0 spiro atoms. The van der Waals surface area contributed by atoms with Crippen molar-refractivity contribution in [1.82, 2.24) is 4.98 Å². The Morgan fingerprint density at radius 3 is 2.73 bits per heavy atom. The summed E-state index contributed by atoms with van der Waals surface area (Å²) >= 11 is 0. The van der Waals surface area contributed by atoms with Crippen LogP contribution >= 0.6 is 0 Å². The molecule has 0 saturated carbocycles. The smallest absolute Gasteiger partial charge is 0.292 e. The summed E-state index contributed by atoms with van der Waals surface area (Å²) in [5.41, 5.74) is 1.03. The molecule has 2 heterocycles. The number of methoxy groups -OCH3 is 1. The van der Waals surface area contributed by atoms with Crippen LogP contribution in [-0.2, 0) is 0 Å². The van der Waals surface area contributed by atoms with Crippen LogP contribution in [-0.4, -0.2) is 22.9 Å². The monoisotopic (exact) mass is 353 g/mol. The molecular formula is C18H15N3O5. The van der Waals surface area contributed by atoms with Crippen molar-refractivity contribution in [2.75, 3.05) is 12.4 Å². The minimum absolute atomic E-state index is 0.0217. The predicted molar refractivity (Wildman–Crippen MR) is 94.3 cm³/mol. The van der Waals surface area contributed by atoms with Gasteiger partial charge in [0.1, 0.15) is 17.3 Å². The molecule has 26 heavy (non-hydrogen) atoms. The first-order valence-electron chi connectivity index (χ1n) is 7.64. The fraction of sp³-hybridized carbons (Fsp3) is 0.111. The standard InChI is InChI=1S/C18H15N3O5/c1-11-7-8-19-17(9-11)20-18(22)16-6-5-15(26-16)13-4-3-12(25-2)10-14(13)21(23)24/h3-10H,1-2H3,(H,19,20,22). The molecule has 0 fully saturated rings. The van der Waals surface area contributed by atoms with E-state index in [9.17, 15) is 14.9 Å². The highest BCUT2D eigenvalue weighted by atomic mass is 16.6. The predicted octanol–water partition coefficient (Wildman–Crippen LogP) is 3.82. The number of rotatable bonds is 5. The average molecular weight is 353 g/mol.